The Bertz CT molecular complexity index is 493. The Morgan fingerprint density at radius 2 is 1.94 bits per heavy atom. The number of rotatable bonds is 2. The first kappa shape index (κ1) is 11.6. The van der Waals surface area contributed by atoms with Gasteiger partial charge >= 0.3 is 5.97 Å². The van der Waals surface area contributed by atoms with Crippen molar-refractivity contribution in [1.29, 1.82) is 0 Å². The van der Waals surface area contributed by atoms with Crippen molar-refractivity contribution < 1.29 is 14.7 Å². The van der Waals surface area contributed by atoms with Crippen LogP contribution >= 0.6 is 0 Å². The number of benzene rings is 1. The molecule has 0 saturated heterocycles. The lowest BCUT2D eigenvalue weighted by Crippen LogP contribution is -2.45. The van der Waals surface area contributed by atoms with Crippen molar-refractivity contribution in [2.45, 2.75) is 32.2 Å². The van der Waals surface area contributed by atoms with Gasteiger partial charge < -0.3 is 5.11 Å². The Morgan fingerprint density at radius 1 is 1.35 bits per heavy atom. The van der Waals surface area contributed by atoms with Crippen molar-refractivity contribution in [1.82, 2.24) is 0 Å². The molecular formula is C13H15NO3. The van der Waals surface area contributed by atoms with Gasteiger partial charge in [-0.3, -0.25) is 9.69 Å². The van der Waals surface area contributed by atoms with Crippen molar-refractivity contribution in [3.63, 3.8) is 0 Å². The third-order valence-corrected chi connectivity index (χ3v) is 3.34. The highest BCUT2D eigenvalue weighted by molar-refractivity contribution is 6.10. The average molecular weight is 233 g/mol. The van der Waals surface area contributed by atoms with Gasteiger partial charge in [0, 0.05) is 5.69 Å². The van der Waals surface area contributed by atoms with E-state index < -0.39 is 17.4 Å². The number of nitrogens with zero attached hydrogens (tertiary/aromatic N) is 1. The number of carboxylic acid groups (broad SMARTS) is 1. The predicted octanol–water partition coefficient (Wildman–Crippen LogP) is 1.78. The van der Waals surface area contributed by atoms with Gasteiger partial charge in [0.2, 0.25) is 5.91 Å². The van der Waals surface area contributed by atoms with E-state index in [1.54, 1.807) is 6.07 Å². The number of para-hydroxylation sites is 1. The van der Waals surface area contributed by atoms with E-state index in [9.17, 15) is 9.59 Å². The van der Waals surface area contributed by atoms with Gasteiger partial charge in [-0.1, -0.05) is 18.2 Å². The standard InChI is InChI=1S/C13H15NO3/c1-8(11(15)16)14-10-7-5-4-6-9(10)13(2,3)12(14)17/h4-8H,1-3H3,(H,15,16)/t8-/m0/s1. The molecule has 1 aromatic carbocycles. The molecule has 0 aromatic heterocycles. The molecule has 90 valence electrons. The van der Waals surface area contributed by atoms with Crippen LogP contribution < -0.4 is 4.90 Å². The molecule has 1 aliphatic rings. The lowest BCUT2D eigenvalue weighted by atomic mass is 9.86. The fraction of sp³-hybridized carbons (Fsp3) is 0.385. The van der Waals surface area contributed by atoms with Gasteiger partial charge in [-0.25, -0.2) is 4.79 Å². The first-order chi connectivity index (χ1) is 7.87. The van der Waals surface area contributed by atoms with Crippen LogP contribution in [0.4, 0.5) is 5.69 Å². The largest absolute Gasteiger partial charge is 0.480 e. The molecule has 0 spiro atoms. The van der Waals surface area contributed by atoms with Crippen LogP contribution in [0.1, 0.15) is 26.3 Å². The molecule has 4 nitrogen and oxygen atoms in total. The first-order valence-corrected chi connectivity index (χ1v) is 5.53. The molecule has 0 bridgehead atoms. The minimum Gasteiger partial charge on any atom is -0.480 e. The molecule has 2 rings (SSSR count). The van der Waals surface area contributed by atoms with Crippen molar-refractivity contribution in [2.75, 3.05) is 4.90 Å². The normalized spacial score (nSPS) is 19.0. The maximum absolute atomic E-state index is 12.3. The predicted molar refractivity (Wildman–Crippen MR) is 64.1 cm³/mol. The smallest absolute Gasteiger partial charge is 0.326 e. The quantitative estimate of drug-likeness (QED) is 0.847. The van der Waals surface area contributed by atoms with Crippen LogP contribution in [0.25, 0.3) is 0 Å². The van der Waals surface area contributed by atoms with Crippen LogP contribution in [0.5, 0.6) is 0 Å². The summed E-state index contributed by atoms with van der Waals surface area (Å²) in [5, 5.41) is 9.06. The summed E-state index contributed by atoms with van der Waals surface area (Å²) >= 11 is 0. The van der Waals surface area contributed by atoms with E-state index >= 15 is 0 Å². The summed E-state index contributed by atoms with van der Waals surface area (Å²) in [5.74, 6) is -1.15. The van der Waals surface area contributed by atoms with Gasteiger partial charge in [0.05, 0.1) is 5.41 Å². The fourth-order valence-corrected chi connectivity index (χ4v) is 2.23. The number of hydrogen-bond acceptors (Lipinski definition) is 2. The van der Waals surface area contributed by atoms with Gasteiger partial charge in [0.15, 0.2) is 0 Å². The average Bonchev–Trinajstić information content (AvgIpc) is 2.48. The second-order valence-corrected chi connectivity index (χ2v) is 4.83. The van der Waals surface area contributed by atoms with Gasteiger partial charge in [0.1, 0.15) is 6.04 Å². The highest BCUT2D eigenvalue weighted by Crippen LogP contribution is 2.42. The van der Waals surface area contributed by atoms with Crippen molar-refractivity contribution in [2.24, 2.45) is 0 Å². The third-order valence-electron chi connectivity index (χ3n) is 3.34. The van der Waals surface area contributed by atoms with E-state index in [2.05, 4.69) is 0 Å². The van der Waals surface area contributed by atoms with E-state index in [0.29, 0.717) is 5.69 Å². The monoisotopic (exact) mass is 233 g/mol. The highest BCUT2D eigenvalue weighted by atomic mass is 16.4. The third kappa shape index (κ3) is 1.52. The van der Waals surface area contributed by atoms with E-state index in [-0.39, 0.29) is 5.91 Å². The molecule has 17 heavy (non-hydrogen) atoms. The number of carbonyl (C=O) groups is 2. The molecule has 1 heterocycles. The van der Waals surface area contributed by atoms with Crippen molar-refractivity contribution in [3.8, 4) is 0 Å². The summed E-state index contributed by atoms with van der Waals surface area (Å²) in [6.07, 6.45) is 0. The Hall–Kier alpha value is -1.84. The number of anilines is 1. The topological polar surface area (TPSA) is 57.6 Å². The molecule has 0 fully saturated rings. The zero-order valence-electron chi connectivity index (χ0n) is 10.1. The van der Waals surface area contributed by atoms with Crippen molar-refractivity contribution >= 4 is 17.6 Å². The molecule has 1 aromatic rings. The van der Waals surface area contributed by atoms with Gasteiger partial charge in [-0.15, -0.1) is 0 Å². The Labute approximate surface area is 99.9 Å². The van der Waals surface area contributed by atoms with Crippen molar-refractivity contribution in [3.05, 3.63) is 29.8 Å². The van der Waals surface area contributed by atoms with E-state index in [1.807, 2.05) is 32.0 Å². The number of fused-ring (bicyclic) bond motifs is 1. The lowest BCUT2D eigenvalue weighted by molar-refractivity contribution is -0.139. The van der Waals surface area contributed by atoms with Crippen LogP contribution in [0.15, 0.2) is 24.3 Å². The molecule has 0 unspecified atom stereocenters. The summed E-state index contributed by atoms with van der Waals surface area (Å²) in [4.78, 5) is 24.7. The second-order valence-electron chi connectivity index (χ2n) is 4.83. The van der Waals surface area contributed by atoms with Gasteiger partial charge in [-0.05, 0) is 32.4 Å². The SMILES string of the molecule is C[C@@H](C(=O)O)N1C(=O)C(C)(C)c2ccccc21. The molecule has 1 amide bonds. The zero-order chi connectivity index (χ0) is 12.8. The molecule has 4 heteroatoms. The maximum Gasteiger partial charge on any atom is 0.326 e. The fourth-order valence-electron chi connectivity index (χ4n) is 2.23. The van der Waals surface area contributed by atoms with Crippen LogP contribution in [0, 0.1) is 0 Å². The second kappa shape index (κ2) is 3.58. The molecular weight excluding hydrogens is 218 g/mol. The maximum atomic E-state index is 12.3. The summed E-state index contributed by atoms with van der Waals surface area (Å²) in [6.45, 7) is 5.17. The summed E-state index contributed by atoms with van der Waals surface area (Å²) in [7, 11) is 0. The van der Waals surface area contributed by atoms with Gasteiger partial charge in [-0.2, -0.15) is 0 Å². The van der Waals surface area contributed by atoms with Crippen LogP contribution in [0.2, 0.25) is 0 Å². The summed E-state index contributed by atoms with van der Waals surface area (Å²) in [5.41, 5.74) is 0.941. The number of aliphatic carboxylic acids is 1. The first-order valence-electron chi connectivity index (χ1n) is 5.53. The number of carbonyl (C=O) groups excluding carboxylic acids is 1. The van der Waals surface area contributed by atoms with Crippen LogP contribution in [-0.4, -0.2) is 23.0 Å². The van der Waals surface area contributed by atoms with Crippen LogP contribution in [-0.2, 0) is 15.0 Å². The molecule has 0 aliphatic carbocycles. The van der Waals surface area contributed by atoms with E-state index in [0.717, 1.165) is 5.56 Å². The Kier molecular flexibility index (Phi) is 2.45. The molecule has 1 aliphatic heterocycles. The van der Waals surface area contributed by atoms with E-state index in [1.165, 1.54) is 11.8 Å². The molecule has 1 N–H and O–H groups in total. The lowest BCUT2D eigenvalue weighted by Gasteiger charge is -2.23. The van der Waals surface area contributed by atoms with Gasteiger partial charge in [0.25, 0.3) is 0 Å². The minimum absolute atomic E-state index is 0.159. The highest BCUT2D eigenvalue weighted by Gasteiger charge is 2.46. The number of carboxylic acids is 1. The zero-order valence-corrected chi connectivity index (χ0v) is 10.1. The molecule has 1 atom stereocenters. The number of hydrogen-bond donors (Lipinski definition) is 1. The minimum atomic E-state index is -0.995. The summed E-state index contributed by atoms with van der Waals surface area (Å²) in [6, 6.07) is 6.51. The molecule has 0 saturated carbocycles. The molecule has 0 radical (unpaired) electrons. The van der Waals surface area contributed by atoms with Crippen LogP contribution in [0.3, 0.4) is 0 Å². The Balaban J connectivity index is 2.58. The number of amides is 1. The summed E-state index contributed by atoms with van der Waals surface area (Å²) < 4.78 is 0. The van der Waals surface area contributed by atoms with E-state index in [4.69, 9.17) is 5.11 Å². The Morgan fingerprint density at radius 3 is 2.53 bits per heavy atom.